The maximum absolute atomic E-state index is 8.99. The molecule has 0 aliphatic rings. The Morgan fingerprint density at radius 2 is 2.00 bits per heavy atom. The molecule has 0 spiro atoms. The van der Waals surface area contributed by atoms with Gasteiger partial charge in [-0.25, -0.2) is 0 Å². The molecule has 0 aliphatic heterocycles. The quantitative estimate of drug-likeness (QED) is 0.708. The average molecular weight is 190 g/mol. The Morgan fingerprint density at radius 1 is 1.33 bits per heavy atom. The molecule has 12 heavy (non-hydrogen) atoms. The first kappa shape index (κ1) is 10.9. The Kier molecular flexibility index (Phi) is 5.67. The summed E-state index contributed by atoms with van der Waals surface area (Å²) in [6.45, 7) is 1.09. The van der Waals surface area contributed by atoms with Gasteiger partial charge in [0.25, 0.3) is 0 Å². The van der Waals surface area contributed by atoms with E-state index in [1.165, 1.54) is 0 Å². The normalized spacial score (nSPS) is 12.9. The topological polar surface area (TPSA) is 29.5 Å². The van der Waals surface area contributed by atoms with E-state index >= 15 is 0 Å². The van der Waals surface area contributed by atoms with Crippen LogP contribution in [0.4, 0.5) is 0 Å². The predicted molar refractivity (Wildman–Crippen MR) is 47.9 cm³/mol. The molecule has 1 N–H and O–H groups in total. The van der Waals surface area contributed by atoms with Crippen molar-refractivity contribution >= 4 is 49.0 Å². The first-order valence-electron chi connectivity index (χ1n) is 4.09. The van der Waals surface area contributed by atoms with Crippen LogP contribution < -0.4 is 0 Å². The zero-order chi connectivity index (χ0) is 8.81. The minimum absolute atomic E-state index is 0.193. The summed E-state index contributed by atoms with van der Waals surface area (Å²) in [5, 5.41) is 8.99. The van der Waals surface area contributed by atoms with Crippen LogP contribution in [-0.2, 0) is 11.3 Å². The van der Waals surface area contributed by atoms with Gasteiger partial charge in [-0.05, 0) is 0 Å². The van der Waals surface area contributed by atoms with E-state index in [0.717, 1.165) is 5.56 Å². The van der Waals surface area contributed by atoms with E-state index in [0.29, 0.717) is 62.2 Å². The van der Waals surface area contributed by atoms with Crippen molar-refractivity contribution in [2.75, 3.05) is 6.61 Å². The number of aliphatic hydroxyl groups excluding tert-OH is 1. The van der Waals surface area contributed by atoms with Crippen molar-refractivity contribution < 1.29 is 9.84 Å². The third kappa shape index (κ3) is 4.72. The van der Waals surface area contributed by atoms with Gasteiger partial charge in [-0.2, -0.15) is 0 Å². The molecule has 0 amide bonds. The number of hydrogen-bond donors (Lipinski definition) is 1. The van der Waals surface area contributed by atoms with Gasteiger partial charge in [-0.1, -0.05) is 0 Å². The number of aliphatic hydroxyl groups is 1. The fourth-order valence-corrected chi connectivity index (χ4v) is 1.29. The van der Waals surface area contributed by atoms with Gasteiger partial charge in [0.1, 0.15) is 0 Å². The van der Waals surface area contributed by atoms with Gasteiger partial charge in [-0.3, -0.25) is 0 Å². The van der Waals surface area contributed by atoms with Crippen molar-refractivity contribution in [3.8, 4) is 0 Å². The molecule has 3 heteroatoms. The molecule has 60 valence electrons. The summed E-state index contributed by atoms with van der Waals surface area (Å²) in [4.78, 5) is 0. The number of rotatable bonds is 4. The van der Waals surface area contributed by atoms with Crippen LogP contribution in [0, 0.1) is 0 Å². The van der Waals surface area contributed by atoms with Crippen LogP contribution in [0.5, 0.6) is 0 Å². The molecule has 0 aliphatic carbocycles. The maximum atomic E-state index is 8.99. The van der Waals surface area contributed by atoms with Crippen LogP contribution in [0.15, 0.2) is 30.3 Å². The molecule has 1 unspecified atom stereocenters. The van der Waals surface area contributed by atoms with Crippen molar-refractivity contribution in [2.24, 2.45) is 0 Å². The van der Waals surface area contributed by atoms with Gasteiger partial charge in [0.05, 0.1) is 0 Å². The van der Waals surface area contributed by atoms with E-state index in [4.69, 9.17) is 9.84 Å². The molecule has 0 heterocycles. The zero-order valence-corrected chi connectivity index (χ0v) is 10.4. The molecule has 1 aromatic rings. The van der Waals surface area contributed by atoms with Gasteiger partial charge in [0.15, 0.2) is 0 Å². The molecule has 2 nitrogen and oxygen atoms in total. The second-order valence-corrected chi connectivity index (χ2v) is 4.93. The number of benzene rings is 1. The van der Waals surface area contributed by atoms with Gasteiger partial charge in [-0.15, -0.1) is 0 Å². The summed E-state index contributed by atoms with van der Waals surface area (Å²) in [6, 6.07) is 9.98. The Hall–Kier alpha value is 0.776. The third-order valence-electron chi connectivity index (χ3n) is 1.47. The van der Waals surface area contributed by atoms with Crippen LogP contribution in [0.3, 0.4) is 0 Å². The Bertz CT molecular complexity index is 211. The van der Waals surface area contributed by atoms with E-state index in [9.17, 15) is 0 Å². The van der Waals surface area contributed by atoms with E-state index < -0.39 is 0 Å². The number of hydrogen-bond acceptors (Lipinski definition) is 2. The van der Waals surface area contributed by atoms with E-state index in [2.05, 4.69) is 0 Å². The standard InChI is InChI=1S/C9H11O2.K/c10-6-7-11-8-9-4-2-1-3-5-9;/h1-6,10H,7-8H2;. The van der Waals surface area contributed by atoms with E-state index in [1.54, 1.807) is 0 Å². The third-order valence-corrected chi connectivity index (χ3v) is 1.99. The van der Waals surface area contributed by atoms with E-state index in [-0.39, 0.29) is 0.199 Å². The van der Waals surface area contributed by atoms with Gasteiger partial charge in [0.2, 0.25) is 0 Å². The van der Waals surface area contributed by atoms with Crippen LogP contribution >= 0.6 is 0 Å². The minimum atomic E-state index is -0.193. The summed E-state index contributed by atoms with van der Waals surface area (Å²) in [6.07, 6.45) is 0. The summed E-state index contributed by atoms with van der Waals surface area (Å²) in [5.41, 5.74) is 1.16. The molecular weight excluding hydrogens is 179 g/mol. The Labute approximate surface area is 107 Å². The summed E-state index contributed by atoms with van der Waals surface area (Å²) < 4.78 is 5.08. The molecule has 0 saturated heterocycles. The molecule has 0 radical (unpaired) electrons. The molecule has 1 rings (SSSR count). The van der Waals surface area contributed by atoms with Crippen LogP contribution in [0.1, 0.15) is 5.56 Å². The first-order valence-corrected chi connectivity index (χ1v) is 5.89. The predicted octanol–water partition coefficient (Wildman–Crippen LogP) is 0.690. The van der Waals surface area contributed by atoms with Crippen molar-refractivity contribution in [1.29, 1.82) is 0 Å². The zero-order valence-electron chi connectivity index (χ0n) is 7.23. The molecule has 0 fully saturated rings. The second kappa shape index (κ2) is 6.26. The van der Waals surface area contributed by atoms with E-state index in [1.807, 2.05) is 30.3 Å². The molecular formula is C9H11KO2. The van der Waals surface area contributed by atoms with Crippen molar-refractivity contribution in [2.45, 2.75) is 6.81 Å². The fraction of sp³-hybridized carbons (Fsp3) is 0.333. The first-order chi connectivity index (χ1) is 5.79. The summed E-state index contributed by atoms with van der Waals surface area (Å²) in [5.74, 6) is 0. The molecule has 0 aromatic heterocycles. The van der Waals surface area contributed by atoms with Gasteiger partial charge in [0, 0.05) is 0 Å². The van der Waals surface area contributed by atoms with Crippen molar-refractivity contribution in [3.05, 3.63) is 35.9 Å². The summed E-state index contributed by atoms with van der Waals surface area (Å²) >= 11 is 0.448. The number of ether oxygens (including phenoxy) is 1. The Balaban J connectivity index is 2.25. The van der Waals surface area contributed by atoms with Crippen LogP contribution in [-0.4, -0.2) is 60.9 Å². The second-order valence-electron chi connectivity index (χ2n) is 2.85. The van der Waals surface area contributed by atoms with Crippen molar-refractivity contribution in [1.82, 2.24) is 0 Å². The molecule has 1 atom stereocenters. The van der Waals surface area contributed by atoms with Crippen molar-refractivity contribution in [3.63, 3.8) is 0 Å². The average Bonchev–Trinajstić information content (AvgIpc) is 2.05. The molecule has 1 aromatic carbocycles. The molecule has 0 bridgehead atoms. The van der Waals surface area contributed by atoms with Gasteiger partial charge < -0.3 is 0 Å². The molecule has 0 saturated carbocycles. The SMILES string of the molecule is O[CH]([K])COCc1ccccc1. The fourth-order valence-electron chi connectivity index (χ4n) is 0.922. The summed E-state index contributed by atoms with van der Waals surface area (Å²) in [7, 11) is 0. The Morgan fingerprint density at radius 3 is 2.58 bits per heavy atom. The van der Waals surface area contributed by atoms with Crippen LogP contribution in [0.2, 0.25) is 0 Å². The van der Waals surface area contributed by atoms with Crippen LogP contribution in [0.25, 0.3) is 0 Å². The van der Waals surface area contributed by atoms with Gasteiger partial charge >= 0.3 is 108 Å². The monoisotopic (exact) mass is 190 g/mol.